The smallest absolute Gasteiger partial charge is 0.246 e. The van der Waals surface area contributed by atoms with Crippen LogP contribution in [0.1, 0.15) is 5.56 Å². The Morgan fingerprint density at radius 3 is 2.57 bits per heavy atom. The minimum absolute atomic E-state index is 0.0162. The minimum atomic E-state index is 0.0162. The number of amides is 1. The molecule has 1 saturated heterocycles. The van der Waals surface area contributed by atoms with Gasteiger partial charge in [-0.25, -0.2) is 4.98 Å². The number of carbonyl (C=O) groups is 1. The van der Waals surface area contributed by atoms with E-state index in [1.807, 2.05) is 29.2 Å². The predicted molar refractivity (Wildman–Crippen MR) is 123 cm³/mol. The van der Waals surface area contributed by atoms with Crippen LogP contribution in [0.25, 0.3) is 17.3 Å². The van der Waals surface area contributed by atoms with E-state index in [1.54, 1.807) is 43.0 Å². The Kier molecular flexibility index (Phi) is 6.35. The number of nitrogens with zero attached hydrogens (tertiary/aromatic N) is 3. The lowest BCUT2D eigenvalue weighted by Gasteiger charge is -2.34. The summed E-state index contributed by atoms with van der Waals surface area (Å²) in [5.41, 5.74) is 3.08. The first-order chi connectivity index (χ1) is 14.7. The van der Waals surface area contributed by atoms with Crippen LogP contribution in [0.4, 0.5) is 5.13 Å². The highest BCUT2D eigenvalue weighted by atomic mass is 32.1. The average Bonchev–Trinajstić information content (AvgIpc) is 3.49. The van der Waals surface area contributed by atoms with E-state index >= 15 is 0 Å². The number of methoxy groups -OCH3 is 2. The van der Waals surface area contributed by atoms with E-state index in [-0.39, 0.29) is 5.91 Å². The van der Waals surface area contributed by atoms with Gasteiger partial charge in [-0.3, -0.25) is 4.79 Å². The van der Waals surface area contributed by atoms with Gasteiger partial charge >= 0.3 is 0 Å². The third kappa shape index (κ3) is 4.49. The summed E-state index contributed by atoms with van der Waals surface area (Å²) in [5.74, 6) is 1.33. The molecule has 3 heterocycles. The molecule has 0 radical (unpaired) electrons. The van der Waals surface area contributed by atoms with Crippen molar-refractivity contribution in [3.8, 4) is 22.8 Å². The lowest BCUT2D eigenvalue weighted by Crippen LogP contribution is -2.48. The highest BCUT2D eigenvalue weighted by Crippen LogP contribution is 2.30. The molecule has 0 aliphatic carbocycles. The molecule has 8 heteroatoms. The number of thiazole rings is 1. The second kappa shape index (κ2) is 9.32. The molecule has 1 aliphatic rings. The normalized spacial score (nSPS) is 14.3. The van der Waals surface area contributed by atoms with Gasteiger partial charge < -0.3 is 19.3 Å². The van der Waals surface area contributed by atoms with Crippen LogP contribution in [-0.2, 0) is 4.79 Å². The first-order valence-electron chi connectivity index (χ1n) is 9.60. The fourth-order valence-corrected chi connectivity index (χ4v) is 4.84. The second-order valence-corrected chi connectivity index (χ2v) is 8.40. The quantitative estimate of drug-likeness (QED) is 0.535. The van der Waals surface area contributed by atoms with E-state index in [0.717, 1.165) is 35.0 Å². The minimum Gasteiger partial charge on any atom is -0.493 e. The largest absolute Gasteiger partial charge is 0.493 e. The molecule has 0 unspecified atom stereocenters. The summed E-state index contributed by atoms with van der Waals surface area (Å²) < 4.78 is 10.6. The molecule has 1 aromatic carbocycles. The molecule has 0 spiro atoms. The van der Waals surface area contributed by atoms with Crippen LogP contribution in [0, 0.1) is 0 Å². The highest BCUT2D eigenvalue weighted by molar-refractivity contribution is 7.14. The zero-order valence-electron chi connectivity index (χ0n) is 16.9. The molecular weight excluding hydrogens is 418 g/mol. The molecule has 1 amide bonds. The second-order valence-electron chi connectivity index (χ2n) is 6.79. The first kappa shape index (κ1) is 20.4. The van der Waals surface area contributed by atoms with Gasteiger partial charge in [0, 0.05) is 48.6 Å². The van der Waals surface area contributed by atoms with Gasteiger partial charge in [0.25, 0.3) is 0 Å². The summed E-state index contributed by atoms with van der Waals surface area (Å²) in [5, 5.41) is 7.29. The summed E-state index contributed by atoms with van der Waals surface area (Å²) >= 11 is 3.33. The predicted octanol–water partition coefficient (Wildman–Crippen LogP) is 4.25. The van der Waals surface area contributed by atoms with Crippen molar-refractivity contribution >= 4 is 39.8 Å². The van der Waals surface area contributed by atoms with Crippen LogP contribution < -0.4 is 14.4 Å². The van der Waals surface area contributed by atoms with Gasteiger partial charge in [-0.15, -0.1) is 11.3 Å². The fourth-order valence-electron chi connectivity index (χ4n) is 3.30. The lowest BCUT2D eigenvalue weighted by molar-refractivity contribution is -0.126. The van der Waals surface area contributed by atoms with E-state index < -0.39 is 0 Å². The molecule has 156 valence electrons. The van der Waals surface area contributed by atoms with Crippen molar-refractivity contribution in [3.05, 3.63) is 52.0 Å². The summed E-state index contributed by atoms with van der Waals surface area (Å²) in [6, 6.07) is 7.68. The number of piperazine rings is 1. The molecule has 3 aromatic rings. The molecule has 0 saturated carbocycles. The van der Waals surface area contributed by atoms with E-state index in [9.17, 15) is 4.79 Å². The molecule has 0 bridgehead atoms. The van der Waals surface area contributed by atoms with Crippen LogP contribution in [0.5, 0.6) is 11.5 Å². The topological polar surface area (TPSA) is 54.9 Å². The van der Waals surface area contributed by atoms with Crippen LogP contribution >= 0.6 is 22.7 Å². The van der Waals surface area contributed by atoms with Crippen LogP contribution in [0.15, 0.2) is 46.5 Å². The van der Waals surface area contributed by atoms with Gasteiger partial charge in [-0.1, -0.05) is 6.07 Å². The van der Waals surface area contributed by atoms with E-state index in [2.05, 4.69) is 27.1 Å². The van der Waals surface area contributed by atoms with Crippen molar-refractivity contribution in [3.63, 3.8) is 0 Å². The Bertz CT molecular complexity index is 1020. The van der Waals surface area contributed by atoms with E-state index in [0.29, 0.717) is 24.6 Å². The molecule has 1 fully saturated rings. The van der Waals surface area contributed by atoms with Crippen LogP contribution in [-0.4, -0.2) is 56.2 Å². The Morgan fingerprint density at radius 1 is 1.07 bits per heavy atom. The van der Waals surface area contributed by atoms with Crippen molar-refractivity contribution in [2.24, 2.45) is 0 Å². The van der Waals surface area contributed by atoms with Gasteiger partial charge in [-0.05, 0) is 35.2 Å². The number of thiophene rings is 1. The van der Waals surface area contributed by atoms with E-state index in [1.165, 1.54) is 0 Å². The third-order valence-electron chi connectivity index (χ3n) is 5.00. The summed E-state index contributed by atoms with van der Waals surface area (Å²) in [7, 11) is 3.20. The van der Waals surface area contributed by atoms with Crippen molar-refractivity contribution in [2.75, 3.05) is 45.3 Å². The molecule has 1 aliphatic heterocycles. The van der Waals surface area contributed by atoms with Gasteiger partial charge in [0.05, 0.1) is 19.9 Å². The molecule has 6 nitrogen and oxygen atoms in total. The van der Waals surface area contributed by atoms with Crippen molar-refractivity contribution in [2.45, 2.75) is 0 Å². The zero-order chi connectivity index (χ0) is 20.9. The SMILES string of the molecule is COc1ccc(C=CC(=O)N2CCN(c3nc(-c4ccsc4)cs3)CC2)cc1OC. The van der Waals surface area contributed by atoms with Gasteiger partial charge in [0.1, 0.15) is 0 Å². The van der Waals surface area contributed by atoms with Crippen LogP contribution in [0.3, 0.4) is 0 Å². The van der Waals surface area contributed by atoms with E-state index in [4.69, 9.17) is 14.5 Å². The first-order valence-corrected chi connectivity index (χ1v) is 11.4. The van der Waals surface area contributed by atoms with Crippen molar-refractivity contribution < 1.29 is 14.3 Å². The number of carbonyl (C=O) groups excluding carboxylic acids is 1. The number of rotatable bonds is 6. The van der Waals surface area contributed by atoms with Gasteiger partial charge in [0.2, 0.25) is 5.91 Å². The molecular formula is C22H23N3O3S2. The van der Waals surface area contributed by atoms with Crippen LogP contribution in [0.2, 0.25) is 0 Å². The maximum absolute atomic E-state index is 12.6. The van der Waals surface area contributed by atoms with Crippen molar-refractivity contribution in [1.82, 2.24) is 9.88 Å². The Morgan fingerprint density at radius 2 is 1.87 bits per heavy atom. The number of hydrogen-bond acceptors (Lipinski definition) is 7. The number of anilines is 1. The Balaban J connectivity index is 1.34. The van der Waals surface area contributed by atoms with Gasteiger partial charge in [0.15, 0.2) is 16.6 Å². The molecule has 2 aromatic heterocycles. The molecule has 0 atom stereocenters. The number of hydrogen-bond donors (Lipinski definition) is 0. The number of aromatic nitrogens is 1. The lowest BCUT2D eigenvalue weighted by atomic mass is 10.2. The summed E-state index contributed by atoms with van der Waals surface area (Å²) in [6.07, 6.45) is 3.43. The standard InChI is InChI=1S/C22H23N3O3S2/c1-27-19-5-3-16(13-20(19)28-2)4-6-21(26)24-8-10-25(11-9-24)22-23-18(15-30-22)17-7-12-29-14-17/h3-7,12-15H,8-11H2,1-2H3. The zero-order valence-corrected chi connectivity index (χ0v) is 18.5. The highest BCUT2D eigenvalue weighted by Gasteiger charge is 2.22. The average molecular weight is 442 g/mol. The molecule has 4 rings (SSSR count). The summed E-state index contributed by atoms with van der Waals surface area (Å²) in [6.45, 7) is 2.93. The number of ether oxygens (including phenoxy) is 2. The maximum Gasteiger partial charge on any atom is 0.246 e. The Hall–Kier alpha value is -2.84. The van der Waals surface area contributed by atoms with Gasteiger partial charge in [-0.2, -0.15) is 11.3 Å². The monoisotopic (exact) mass is 441 g/mol. The molecule has 30 heavy (non-hydrogen) atoms. The fraction of sp³-hybridized carbons (Fsp3) is 0.273. The Labute approximate surface area is 184 Å². The molecule has 0 N–H and O–H groups in total. The maximum atomic E-state index is 12.6. The van der Waals surface area contributed by atoms with Crippen molar-refractivity contribution in [1.29, 1.82) is 0 Å². The summed E-state index contributed by atoms with van der Waals surface area (Å²) in [4.78, 5) is 21.5. The number of benzene rings is 1. The third-order valence-corrected chi connectivity index (χ3v) is 6.58.